The Kier molecular flexibility index (Phi) is 2.86. The fourth-order valence-corrected chi connectivity index (χ4v) is 1.81. The molecule has 1 saturated carbocycles. The highest BCUT2D eigenvalue weighted by molar-refractivity contribution is 5.69. The fourth-order valence-electron chi connectivity index (χ4n) is 1.81. The predicted octanol–water partition coefficient (Wildman–Crippen LogP) is 2.81. The maximum Gasteiger partial charge on any atom is 0.408 e. The van der Waals surface area contributed by atoms with Crippen LogP contribution in [0.4, 0.5) is 4.79 Å². The maximum atomic E-state index is 11.5. The molecule has 86 valence electrons. The standard InChI is InChI=1S/C13H17NO2/c1-10(2)16-12(15)14-13(8-9-13)11-6-4-3-5-7-11/h3-7,10H,8-9H2,1-2H3,(H,14,15). The Morgan fingerprint density at radius 3 is 2.44 bits per heavy atom. The lowest BCUT2D eigenvalue weighted by atomic mass is 10.1. The van der Waals surface area contributed by atoms with Gasteiger partial charge in [0.25, 0.3) is 0 Å². The Morgan fingerprint density at radius 1 is 1.31 bits per heavy atom. The monoisotopic (exact) mass is 219 g/mol. The maximum absolute atomic E-state index is 11.5. The molecule has 1 N–H and O–H groups in total. The highest BCUT2D eigenvalue weighted by Gasteiger charge is 2.46. The van der Waals surface area contributed by atoms with Crippen LogP contribution in [-0.2, 0) is 10.3 Å². The number of benzene rings is 1. The summed E-state index contributed by atoms with van der Waals surface area (Å²) in [5.41, 5.74) is 0.989. The molecule has 0 spiro atoms. The average molecular weight is 219 g/mol. The second-order valence-electron chi connectivity index (χ2n) is 4.53. The fraction of sp³-hybridized carbons (Fsp3) is 0.462. The van der Waals surface area contributed by atoms with Crippen LogP contribution >= 0.6 is 0 Å². The summed E-state index contributed by atoms with van der Waals surface area (Å²) in [7, 11) is 0. The number of hydrogen-bond acceptors (Lipinski definition) is 2. The van der Waals surface area contributed by atoms with Crippen molar-refractivity contribution in [2.24, 2.45) is 0 Å². The van der Waals surface area contributed by atoms with Crippen LogP contribution in [0.2, 0.25) is 0 Å². The van der Waals surface area contributed by atoms with Crippen molar-refractivity contribution >= 4 is 6.09 Å². The second kappa shape index (κ2) is 4.16. The van der Waals surface area contributed by atoms with Gasteiger partial charge < -0.3 is 10.1 Å². The first-order valence-corrected chi connectivity index (χ1v) is 5.67. The molecule has 0 aliphatic heterocycles. The minimum Gasteiger partial charge on any atom is -0.447 e. The third-order valence-electron chi connectivity index (χ3n) is 2.76. The average Bonchev–Trinajstić information content (AvgIpc) is 2.99. The summed E-state index contributed by atoms with van der Waals surface area (Å²) in [4.78, 5) is 11.5. The molecule has 0 radical (unpaired) electrons. The number of ether oxygens (including phenoxy) is 1. The van der Waals surface area contributed by atoms with Gasteiger partial charge in [0.2, 0.25) is 0 Å². The molecule has 1 aromatic carbocycles. The van der Waals surface area contributed by atoms with Crippen molar-refractivity contribution in [3.05, 3.63) is 35.9 Å². The van der Waals surface area contributed by atoms with E-state index < -0.39 is 0 Å². The van der Waals surface area contributed by atoms with Crippen molar-refractivity contribution < 1.29 is 9.53 Å². The Hall–Kier alpha value is -1.51. The quantitative estimate of drug-likeness (QED) is 0.848. The van der Waals surface area contributed by atoms with Crippen LogP contribution in [0.15, 0.2) is 30.3 Å². The van der Waals surface area contributed by atoms with E-state index in [0.29, 0.717) is 0 Å². The molecule has 3 nitrogen and oxygen atoms in total. The third kappa shape index (κ3) is 2.35. The number of hydrogen-bond donors (Lipinski definition) is 1. The second-order valence-corrected chi connectivity index (χ2v) is 4.53. The van der Waals surface area contributed by atoms with Crippen LogP contribution in [0, 0.1) is 0 Å². The van der Waals surface area contributed by atoms with Crippen LogP contribution in [0.3, 0.4) is 0 Å². The van der Waals surface area contributed by atoms with Crippen LogP contribution in [0.5, 0.6) is 0 Å². The molecule has 0 saturated heterocycles. The number of carbonyl (C=O) groups excluding carboxylic acids is 1. The van der Waals surface area contributed by atoms with Crippen LogP contribution in [-0.4, -0.2) is 12.2 Å². The van der Waals surface area contributed by atoms with E-state index in [1.165, 1.54) is 0 Å². The molecule has 1 fully saturated rings. The van der Waals surface area contributed by atoms with Gasteiger partial charge in [-0.1, -0.05) is 30.3 Å². The first kappa shape index (κ1) is 11.0. The van der Waals surface area contributed by atoms with E-state index in [4.69, 9.17) is 4.74 Å². The van der Waals surface area contributed by atoms with Crippen LogP contribution in [0.25, 0.3) is 0 Å². The molecule has 1 amide bonds. The SMILES string of the molecule is CC(C)OC(=O)NC1(c2ccccc2)CC1. The topological polar surface area (TPSA) is 38.3 Å². The van der Waals surface area contributed by atoms with E-state index in [2.05, 4.69) is 5.32 Å². The molecular formula is C13H17NO2. The number of amides is 1. The molecule has 1 aliphatic rings. The lowest BCUT2D eigenvalue weighted by molar-refractivity contribution is 0.111. The molecule has 1 aromatic rings. The van der Waals surface area contributed by atoms with Crippen molar-refractivity contribution in [1.29, 1.82) is 0 Å². The Labute approximate surface area is 95.8 Å². The summed E-state index contributed by atoms with van der Waals surface area (Å²) in [6, 6.07) is 10.0. The molecule has 3 heteroatoms. The lowest BCUT2D eigenvalue weighted by Gasteiger charge is -2.18. The van der Waals surface area contributed by atoms with E-state index in [9.17, 15) is 4.79 Å². The molecule has 0 bridgehead atoms. The Morgan fingerprint density at radius 2 is 1.94 bits per heavy atom. The van der Waals surface area contributed by atoms with Crippen LogP contribution < -0.4 is 5.32 Å². The van der Waals surface area contributed by atoms with E-state index in [-0.39, 0.29) is 17.7 Å². The zero-order valence-electron chi connectivity index (χ0n) is 9.69. The number of nitrogens with one attached hydrogen (secondary N) is 1. The molecule has 0 heterocycles. The first-order valence-electron chi connectivity index (χ1n) is 5.67. The van der Waals surface area contributed by atoms with Crippen molar-refractivity contribution in [2.45, 2.75) is 38.3 Å². The summed E-state index contributed by atoms with van der Waals surface area (Å²) in [5.74, 6) is 0. The van der Waals surface area contributed by atoms with Gasteiger partial charge in [-0.05, 0) is 32.3 Å². The van der Waals surface area contributed by atoms with E-state index in [0.717, 1.165) is 18.4 Å². The minimum absolute atomic E-state index is 0.0772. The van der Waals surface area contributed by atoms with Gasteiger partial charge in [0, 0.05) is 0 Å². The number of alkyl carbamates (subject to hydrolysis) is 1. The molecule has 0 unspecified atom stereocenters. The normalized spacial score (nSPS) is 16.9. The smallest absolute Gasteiger partial charge is 0.408 e. The lowest BCUT2D eigenvalue weighted by Crippen LogP contribution is -2.36. The van der Waals surface area contributed by atoms with Gasteiger partial charge in [0.1, 0.15) is 0 Å². The molecule has 0 aromatic heterocycles. The Bertz CT molecular complexity index is 369. The molecule has 2 rings (SSSR count). The highest BCUT2D eigenvalue weighted by Crippen LogP contribution is 2.45. The third-order valence-corrected chi connectivity index (χ3v) is 2.76. The van der Waals surface area contributed by atoms with Crippen molar-refractivity contribution in [3.63, 3.8) is 0 Å². The van der Waals surface area contributed by atoms with E-state index in [1.54, 1.807) is 0 Å². The van der Waals surface area contributed by atoms with Crippen LogP contribution in [0.1, 0.15) is 32.3 Å². The molecular weight excluding hydrogens is 202 g/mol. The summed E-state index contributed by atoms with van der Waals surface area (Å²) in [6.07, 6.45) is 1.58. The Balaban J connectivity index is 2.02. The van der Waals surface area contributed by atoms with Gasteiger partial charge in [-0.15, -0.1) is 0 Å². The van der Waals surface area contributed by atoms with E-state index >= 15 is 0 Å². The molecule has 16 heavy (non-hydrogen) atoms. The van der Waals surface area contributed by atoms with Gasteiger partial charge in [0.05, 0.1) is 11.6 Å². The van der Waals surface area contributed by atoms with Gasteiger partial charge in [-0.3, -0.25) is 0 Å². The zero-order valence-corrected chi connectivity index (χ0v) is 9.69. The number of carbonyl (C=O) groups is 1. The van der Waals surface area contributed by atoms with Gasteiger partial charge >= 0.3 is 6.09 Å². The molecule has 0 atom stereocenters. The van der Waals surface area contributed by atoms with Gasteiger partial charge in [-0.2, -0.15) is 0 Å². The largest absolute Gasteiger partial charge is 0.447 e. The minimum atomic E-state index is -0.323. The highest BCUT2D eigenvalue weighted by atomic mass is 16.6. The van der Waals surface area contributed by atoms with Gasteiger partial charge in [0.15, 0.2) is 0 Å². The van der Waals surface area contributed by atoms with Crippen molar-refractivity contribution in [2.75, 3.05) is 0 Å². The van der Waals surface area contributed by atoms with Crippen molar-refractivity contribution in [1.82, 2.24) is 5.32 Å². The summed E-state index contributed by atoms with van der Waals surface area (Å²) in [5, 5.41) is 2.95. The van der Waals surface area contributed by atoms with Crippen molar-refractivity contribution in [3.8, 4) is 0 Å². The number of rotatable bonds is 3. The van der Waals surface area contributed by atoms with E-state index in [1.807, 2.05) is 44.2 Å². The summed E-state index contributed by atoms with van der Waals surface area (Å²) < 4.78 is 5.10. The van der Waals surface area contributed by atoms with Gasteiger partial charge in [-0.25, -0.2) is 4.79 Å². The zero-order chi connectivity index (χ0) is 11.6. The molecule has 1 aliphatic carbocycles. The summed E-state index contributed by atoms with van der Waals surface area (Å²) >= 11 is 0. The summed E-state index contributed by atoms with van der Waals surface area (Å²) in [6.45, 7) is 3.70. The predicted molar refractivity (Wildman–Crippen MR) is 62.1 cm³/mol. The first-order chi connectivity index (χ1) is 7.62.